The molecule has 0 aliphatic heterocycles. The predicted molar refractivity (Wildman–Crippen MR) is 78.6 cm³/mol. The summed E-state index contributed by atoms with van der Waals surface area (Å²) < 4.78 is 5.70. The molecule has 0 rings (SSSR count). The van der Waals surface area contributed by atoms with Crippen molar-refractivity contribution in [2.24, 2.45) is 5.92 Å². The molecule has 5 heteroatoms. The van der Waals surface area contributed by atoms with Gasteiger partial charge in [0.05, 0.1) is 5.60 Å². The van der Waals surface area contributed by atoms with Gasteiger partial charge in [0.25, 0.3) is 0 Å². The second-order valence-electron chi connectivity index (χ2n) is 6.01. The summed E-state index contributed by atoms with van der Waals surface area (Å²) in [6.07, 6.45) is 2.14. The van der Waals surface area contributed by atoms with Crippen molar-refractivity contribution in [1.82, 2.24) is 5.32 Å². The van der Waals surface area contributed by atoms with E-state index in [1.165, 1.54) is 0 Å². The van der Waals surface area contributed by atoms with Gasteiger partial charge in [-0.3, -0.25) is 9.59 Å². The number of aliphatic carboxylic acids is 1. The smallest absolute Gasteiger partial charge is 0.303 e. The summed E-state index contributed by atoms with van der Waals surface area (Å²) in [6.45, 7) is 10.1. The Balaban J connectivity index is 3.92. The Morgan fingerprint density at radius 3 is 2.40 bits per heavy atom. The van der Waals surface area contributed by atoms with Crippen molar-refractivity contribution >= 4 is 11.9 Å². The maximum atomic E-state index is 11.7. The lowest BCUT2D eigenvalue weighted by atomic mass is 10.0. The first-order chi connectivity index (χ1) is 9.18. The van der Waals surface area contributed by atoms with E-state index < -0.39 is 11.6 Å². The first kappa shape index (κ1) is 18.9. The Morgan fingerprint density at radius 2 is 1.90 bits per heavy atom. The number of amides is 1. The third kappa shape index (κ3) is 8.91. The van der Waals surface area contributed by atoms with Crippen molar-refractivity contribution < 1.29 is 19.4 Å². The Kier molecular flexibility index (Phi) is 8.46. The van der Waals surface area contributed by atoms with Crippen LogP contribution in [0.4, 0.5) is 0 Å². The first-order valence-corrected chi connectivity index (χ1v) is 7.34. The van der Waals surface area contributed by atoms with Crippen molar-refractivity contribution in [2.45, 2.75) is 71.9 Å². The molecule has 0 fully saturated rings. The zero-order chi connectivity index (χ0) is 15.8. The molecule has 1 amide bonds. The van der Waals surface area contributed by atoms with Crippen LogP contribution in [0.2, 0.25) is 0 Å². The zero-order valence-corrected chi connectivity index (χ0v) is 13.4. The average Bonchev–Trinajstić information content (AvgIpc) is 2.35. The van der Waals surface area contributed by atoms with E-state index in [0.717, 1.165) is 12.8 Å². The Bertz CT molecular complexity index is 315. The largest absolute Gasteiger partial charge is 0.481 e. The van der Waals surface area contributed by atoms with Crippen LogP contribution in [-0.2, 0) is 14.3 Å². The predicted octanol–water partition coefficient (Wildman–Crippen LogP) is 2.59. The van der Waals surface area contributed by atoms with Crippen LogP contribution in [0.1, 0.15) is 60.3 Å². The van der Waals surface area contributed by atoms with Crippen LogP contribution in [0.15, 0.2) is 0 Å². The van der Waals surface area contributed by atoms with E-state index in [2.05, 4.69) is 5.32 Å². The molecule has 2 atom stereocenters. The van der Waals surface area contributed by atoms with Crippen LogP contribution in [-0.4, -0.2) is 35.2 Å². The molecule has 2 unspecified atom stereocenters. The molecule has 5 nitrogen and oxygen atoms in total. The molecule has 0 spiro atoms. The second-order valence-corrected chi connectivity index (χ2v) is 6.01. The van der Waals surface area contributed by atoms with Crippen molar-refractivity contribution in [2.75, 3.05) is 6.61 Å². The van der Waals surface area contributed by atoms with Crippen LogP contribution in [0.25, 0.3) is 0 Å². The molecule has 118 valence electrons. The zero-order valence-electron chi connectivity index (χ0n) is 13.4. The highest BCUT2D eigenvalue weighted by Gasteiger charge is 2.20. The monoisotopic (exact) mass is 287 g/mol. The summed E-state index contributed by atoms with van der Waals surface area (Å²) in [5, 5.41) is 11.6. The van der Waals surface area contributed by atoms with E-state index in [4.69, 9.17) is 9.84 Å². The van der Waals surface area contributed by atoms with Gasteiger partial charge in [-0.15, -0.1) is 0 Å². The maximum Gasteiger partial charge on any atom is 0.303 e. The summed E-state index contributed by atoms with van der Waals surface area (Å²) in [7, 11) is 0. The maximum absolute atomic E-state index is 11.7. The molecule has 20 heavy (non-hydrogen) atoms. The molecular formula is C15H29NO4. The summed E-state index contributed by atoms with van der Waals surface area (Å²) >= 11 is 0. The lowest BCUT2D eigenvalue weighted by molar-refractivity contribution is -0.139. The van der Waals surface area contributed by atoms with Crippen LogP contribution >= 0.6 is 0 Å². The molecule has 0 saturated carbocycles. The lowest BCUT2D eigenvalue weighted by Crippen LogP contribution is -2.37. The van der Waals surface area contributed by atoms with Gasteiger partial charge in [0, 0.05) is 25.0 Å². The summed E-state index contributed by atoms with van der Waals surface area (Å²) in [5.41, 5.74) is -0.446. The van der Waals surface area contributed by atoms with Gasteiger partial charge in [-0.1, -0.05) is 13.8 Å². The Hall–Kier alpha value is -1.10. The SMILES string of the molecule is CCC(C)C(=O)NC(C)CCOC(C)(C)CCC(=O)O. The van der Waals surface area contributed by atoms with E-state index in [9.17, 15) is 9.59 Å². The van der Waals surface area contributed by atoms with E-state index in [1.54, 1.807) is 0 Å². The highest BCUT2D eigenvalue weighted by molar-refractivity contribution is 5.78. The standard InChI is InChI=1S/C15H29NO4/c1-6-11(2)14(19)16-12(3)8-10-20-15(4,5)9-7-13(17)18/h11-12H,6-10H2,1-5H3,(H,16,19)(H,17,18). The fourth-order valence-corrected chi connectivity index (χ4v) is 1.63. The number of ether oxygens (including phenoxy) is 1. The minimum atomic E-state index is -0.809. The van der Waals surface area contributed by atoms with Gasteiger partial charge in [-0.05, 0) is 40.0 Å². The number of carboxylic acid groups (broad SMARTS) is 1. The van der Waals surface area contributed by atoms with Crippen molar-refractivity contribution in [3.63, 3.8) is 0 Å². The fraction of sp³-hybridized carbons (Fsp3) is 0.867. The van der Waals surface area contributed by atoms with Crippen LogP contribution < -0.4 is 5.32 Å². The van der Waals surface area contributed by atoms with Crippen LogP contribution in [0.3, 0.4) is 0 Å². The Morgan fingerprint density at radius 1 is 1.30 bits per heavy atom. The van der Waals surface area contributed by atoms with Crippen LogP contribution in [0.5, 0.6) is 0 Å². The summed E-state index contributed by atoms with van der Waals surface area (Å²) in [6, 6.07) is 0.0618. The molecule has 0 saturated heterocycles. The molecule has 0 radical (unpaired) electrons. The van der Waals surface area contributed by atoms with Gasteiger partial charge in [0.2, 0.25) is 5.91 Å². The number of carbonyl (C=O) groups is 2. The van der Waals surface area contributed by atoms with Gasteiger partial charge in [0.15, 0.2) is 0 Å². The van der Waals surface area contributed by atoms with E-state index in [1.807, 2.05) is 34.6 Å². The van der Waals surface area contributed by atoms with Gasteiger partial charge in [-0.25, -0.2) is 0 Å². The van der Waals surface area contributed by atoms with Gasteiger partial charge < -0.3 is 15.2 Å². The average molecular weight is 287 g/mol. The van der Waals surface area contributed by atoms with Crippen molar-refractivity contribution in [1.29, 1.82) is 0 Å². The molecule has 0 aliphatic carbocycles. The number of carbonyl (C=O) groups excluding carboxylic acids is 1. The molecule has 0 aromatic carbocycles. The summed E-state index contributed by atoms with van der Waals surface area (Å²) in [5.74, 6) is -0.702. The molecule has 2 N–H and O–H groups in total. The third-order valence-electron chi connectivity index (χ3n) is 3.43. The van der Waals surface area contributed by atoms with E-state index in [-0.39, 0.29) is 24.3 Å². The quantitative estimate of drug-likeness (QED) is 0.647. The second kappa shape index (κ2) is 8.95. The number of hydrogen-bond donors (Lipinski definition) is 2. The molecule has 0 bridgehead atoms. The lowest BCUT2D eigenvalue weighted by Gasteiger charge is -2.26. The normalized spacial score (nSPS) is 14.7. The highest BCUT2D eigenvalue weighted by atomic mass is 16.5. The number of rotatable bonds is 10. The first-order valence-electron chi connectivity index (χ1n) is 7.34. The summed E-state index contributed by atoms with van der Waals surface area (Å²) in [4.78, 5) is 22.2. The van der Waals surface area contributed by atoms with Crippen molar-refractivity contribution in [3.05, 3.63) is 0 Å². The van der Waals surface area contributed by atoms with E-state index in [0.29, 0.717) is 13.0 Å². The minimum Gasteiger partial charge on any atom is -0.481 e. The number of hydrogen-bond acceptors (Lipinski definition) is 3. The fourth-order valence-electron chi connectivity index (χ4n) is 1.63. The third-order valence-corrected chi connectivity index (χ3v) is 3.43. The Labute approximate surface area is 122 Å². The molecule has 0 aromatic rings. The van der Waals surface area contributed by atoms with E-state index >= 15 is 0 Å². The number of carboxylic acids is 1. The van der Waals surface area contributed by atoms with Gasteiger partial charge in [-0.2, -0.15) is 0 Å². The van der Waals surface area contributed by atoms with Crippen LogP contribution in [0, 0.1) is 5.92 Å². The number of nitrogens with one attached hydrogen (secondary N) is 1. The van der Waals surface area contributed by atoms with Crippen molar-refractivity contribution in [3.8, 4) is 0 Å². The molecular weight excluding hydrogens is 258 g/mol. The topological polar surface area (TPSA) is 75.6 Å². The molecule has 0 heterocycles. The minimum absolute atomic E-state index is 0.0328. The highest BCUT2D eigenvalue weighted by Crippen LogP contribution is 2.17. The van der Waals surface area contributed by atoms with Gasteiger partial charge >= 0.3 is 5.97 Å². The van der Waals surface area contributed by atoms with Gasteiger partial charge in [0.1, 0.15) is 0 Å². The molecule has 0 aliphatic rings. The molecule has 0 aromatic heterocycles.